The van der Waals surface area contributed by atoms with E-state index in [9.17, 15) is 33.2 Å². The first-order valence-electron chi connectivity index (χ1n) is 7.06. The van der Waals surface area contributed by atoms with Gasteiger partial charge in [0.05, 0.1) is 10.6 Å². The van der Waals surface area contributed by atoms with Crippen LogP contribution in [0, 0.1) is 10.1 Å². The smallest absolute Gasteiger partial charge is 0.456 e. The van der Waals surface area contributed by atoms with Crippen molar-refractivity contribution in [2.75, 3.05) is 0 Å². The molecule has 0 aromatic heterocycles. The van der Waals surface area contributed by atoms with Gasteiger partial charge in [-0.15, -0.1) is 5.11 Å². The fourth-order valence-corrected chi connectivity index (χ4v) is 1.95. The number of nitro groups is 1. The SMILES string of the molecule is O=C(/C(N=Nc1ccc([N+](=O)[O-])cc1)=C(\O)c1ccc(Cl)cc1)C(F)(F)F. The van der Waals surface area contributed by atoms with Gasteiger partial charge in [0, 0.05) is 22.7 Å². The molecule has 2 aromatic carbocycles. The third kappa shape index (κ3) is 5.11. The van der Waals surface area contributed by atoms with Gasteiger partial charge in [0.25, 0.3) is 11.5 Å². The lowest BCUT2D eigenvalue weighted by atomic mass is 10.1. The van der Waals surface area contributed by atoms with Gasteiger partial charge in [-0.1, -0.05) is 11.6 Å². The van der Waals surface area contributed by atoms with E-state index in [1.807, 2.05) is 0 Å². The lowest BCUT2D eigenvalue weighted by Crippen LogP contribution is -2.24. The number of aliphatic hydroxyl groups is 1. The maximum Gasteiger partial charge on any atom is 0.456 e. The fraction of sp³-hybridized carbons (Fsp3) is 0.0625. The van der Waals surface area contributed by atoms with Crippen molar-refractivity contribution in [1.29, 1.82) is 0 Å². The van der Waals surface area contributed by atoms with Crippen LogP contribution in [0.25, 0.3) is 5.76 Å². The minimum atomic E-state index is -5.30. The van der Waals surface area contributed by atoms with E-state index in [0.717, 1.165) is 24.3 Å². The van der Waals surface area contributed by atoms with Gasteiger partial charge in [-0.2, -0.15) is 18.3 Å². The molecule has 0 amide bonds. The first kappa shape index (κ1) is 20.0. The number of non-ortho nitro benzene ring substituents is 1. The molecule has 0 spiro atoms. The second kappa shape index (κ2) is 7.96. The molecule has 0 bridgehead atoms. The second-order valence-corrected chi connectivity index (χ2v) is 5.44. The summed E-state index contributed by atoms with van der Waals surface area (Å²) >= 11 is 5.67. The molecule has 0 atom stereocenters. The first-order chi connectivity index (χ1) is 12.6. The number of carbonyl (C=O) groups excluding carboxylic acids is 1. The zero-order chi connectivity index (χ0) is 20.2. The van der Waals surface area contributed by atoms with Crippen LogP contribution in [0.3, 0.4) is 0 Å². The van der Waals surface area contributed by atoms with E-state index in [4.69, 9.17) is 11.6 Å². The van der Waals surface area contributed by atoms with Gasteiger partial charge in [-0.25, -0.2) is 0 Å². The highest BCUT2D eigenvalue weighted by molar-refractivity contribution is 6.30. The minimum Gasteiger partial charge on any atom is -0.505 e. The van der Waals surface area contributed by atoms with E-state index >= 15 is 0 Å². The zero-order valence-corrected chi connectivity index (χ0v) is 13.9. The molecule has 27 heavy (non-hydrogen) atoms. The maximum atomic E-state index is 12.8. The third-order valence-corrected chi connectivity index (χ3v) is 3.39. The van der Waals surface area contributed by atoms with E-state index in [0.29, 0.717) is 0 Å². The van der Waals surface area contributed by atoms with Gasteiger partial charge in [0.2, 0.25) is 0 Å². The number of nitrogens with zero attached hydrogens (tertiary/aromatic N) is 3. The number of hydrogen-bond donors (Lipinski definition) is 1. The maximum absolute atomic E-state index is 12.8. The molecule has 2 rings (SSSR count). The van der Waals surface area contributed by atoms with Crippen LogP contribution < -0.4 is 0 Å². The summed E-state index contributed by atoms with van der Waals surface area (Å²) in [5.41, 5.74) is -1.78. The van der Waals surface area contributed by atoms with Gasteiger partial charge in [0.15, 0.2) is 11.5 Å². The standard InChI is InChI=1S/C16H9ClF3N3O4/c17-10-3-1-9(2-4-10)14(24)13(15(25)16(18,19)20)22-21-11-5-7-12(8-6-11)23(26)27/h1-8,24H/b14-13+,22-21?. The number of azo groups is 1. The number of hydrogen-bond acceptors (Lipinski definition) is 6. The average Bonchev–Trinajstić information content (AvgIpc) is 2.61. The topological polar surface area (TPSA) is 105 Å². The number of ketones is 1. The summed E-state index contributed by atoms with van der Waals surface area (Å²) in [4.78, 5) is 21.5. The molecule has 140 valence electrons. The normalized spacial score (nSPS) is 12.7. The average molecular weight is 400 g/mol. The highest BCUT2D eigenvalue weighted by Crippen LogP contribution is 2.28. The van der Waals surface area contributed by atoms with Crippen molar-refractivity contribution in [3.05, 3.63) is 74.9 Å². The number of Topliss-reactive ketones (excluding diaryl/α,β-unsaturated/α-hetero) is 1. The molecule has 1 N–H and O–H groups in total. The van der Waals surface area contributed by atoms with E-state index in [2.05, 4.69) is 10.2 Å². The van der Waals surface area contributed by atoms with Crippen molar-refractivity contribution < 1.29 is 28.0 Å². The molecule has 2 aromatic rings. The Hall–Kier alpha value is -3.27. The Balaban J connectivity index is 2.46. The Morgan fingerprint density at radius 2 is 1.63 bits per heavy atom. The van der Waals surface area contributed by atoms with Gasteiger partial charge >= 0.3 is 6.18 Å². The number of allylic oxidation sites excluding steroid dienone is 1. The minimum absolute atomic E-state index is 0.0584. The second-order valence-electron chi connectivity index (χ2n) is 5.00. The molecule has 0 aliphatic rings. The van der Waals surface area contributed by atoms with E-state index in [1.165, 1.54) is 24.3 Å². The van der Waals surface area contributed by atoms with Crippen molar-refractivity contribution in [2.24, 2.45) is 10.2 Å². The number of rotatable bonds is 5. The summed E-state index contributed by atoms with van der Waals surface area (Å²) < 4.78 is 38.4. The van der Waals surface area contributed by atoms with Crippen molar-refractivity contribution in [2.45, 2.75) is 6.18 Å². The van der Waals surface area contributed by atoms with Gasteiger partial charge in [-0.3, -0.25) is 14.9 Å². The fourth-order valence-electron chi connectivity index (χ4n) is 1.83. The molecule has 0 unspecified atom stereocenters. The van der Waals surface area contributed by atoms with E-state index < -0.39 is 28.3 Å². The van der Waals surface area contributed by atoms with Crippen LogP contribution in [0.15, 0.2) is 64.5 Å². The summed E-state index contributed by atoms with van der Waals surface area (Å²) in [6, 6.07) is 9.36. The lowest BCUT2D eigenvalue weighted by Gasteiger charge is -2.08. The van der Waals surface area contributed by atoms with Crippen molar-refractivity contribution in [3.63, 3.8) is 0 Å². The van der Waals surface area contributed by atoms with Crippen molar-refractivity contribution in [3.8, 4) is 0 Å². The Bertz CT molecular complexity index is 923. The van der Waals surface area contributed by atoms with Crippen LogP contribution in [0.1, 0.15) is 5.56 Å². The molecule has 11 heteroatoms. The monoisotopic (exact) mass is 399 g/mol. The van der Waals surface area contributed by atoms with Crippen LogP contribution in [0.4, 0.5) is 24.5 Å². The largest absolute Gasteiger partial charge is 0.505 e. The summed E-state index contributed by atoms with van der Waals surface area (Å²) in [6.45, 7) is 0. The summed E-state index contributed by atoms with van der Waals surface area (Å²) in [7, 11) is 0. The Morgan fingerprint density at radius 1 is 1.07 bits per heavy atom. The molecule has 0 saturated heterocycles. The van der Waals surface area contributed by atoms with Crippen LogP contribution in [0.2, 0.25) is 5.02 Å². The first-order valence-corrected chi connectivity index (χ1v) is 7.44. The molecular weight excluding hydrogens is 391 g/mol. The van der Waals surface area contributed by atoms with Gasteiger partial charge < -0.3 is 5.11 Å². The summed E-state index contributed by atoms with van der Waals surface area (Å²) in [6.07, 6.45) is -5.30. The van der Waals surface area contributed by atoms with Crippen LogP contribution in [-0.2, 0) is 4.79 Å². The van der Waals surface area contributed by atoms with Crippen LogP contribution >= 0.6 is 11.6 Å². The molecule has 0 aliphatic heterocycles. The highest BCUT2D eigenvalue weighted by atomic mass is 35.5. The Labute approximate surface area is 154 Å². The number of nitro benzene ring substituents is 1. The molecule has 0 radical (unpaired) electrons. The molecular formula is C16H9ClF3N3O4. The Morgan fingerprint density at radius 3 is 2.11 bits per heavy atom. The highest BCUT2D eigenvalue weighted by Gasteiger charge is 2.43. The zero-order valence-electron chi connectivity index (χ0n) is 13.1. The number of carbonyl (C=O) groups is 1. The molecule has 0 heterocycles. The van der Waals surface area contributed by atoms with Crippen LogP contribution in [-0.4, -0.2) is 22.0 Å². The quantitative estimate of drug-likeness (QED) is 0.239. The lowest BCUT2D eigenvalue weighted by molar-refractivity contribution is -0.384. The Kier molecular flexibility index (Phi) is 5.91. The predicted molar refractivity (Wildman–Crippen MR) is 89.7 cm³/mol. The van der Waals surface area contributed by atoms with Crippen LogP contribution in [0.5, 0.6) is 0 Å². The molecule has 7 nitrogen and oxygen atoms in total. The molecule has 0 fully saturated rings. The van der Waals surface area contributed by atoms with Crippen molar-refractivity contribution >= 4 is 34.5 Å². The third-order valence-electron chi connectivity index (χ3n) is 3.14. The number of aliphatic hydroxyl groups excluding tert-OH is 1. The summed E-state index contributed by atoms with van der Waals surface area (Å²) in [5.74, 6) is -3.44. The predicted octanol–water partition coefficient (Wildman–Crippen LogP) is 5.39. The van der Waals surface area contributed by atoms with Crippen molar-refractivity contribution in [1.82, 2.24) is 0 Å². The molecule has 0 aliphatic carbocycles. The number of benzene rings is 2. The number of alkyl halides is 3. The molecule has 0 saturated carbocycles. The van der Waals surface area contributed by atoms with E-state index in [-0.39, 0.29) is 22.0 Å². The number of halogens is 4. The van der Waals surface area contributed by atoms with E-state index in [1.54, 1.807) is 0 Å². The van der Waals surface area contributed by atoms with Gasteiger partial charge in [-0.05, 0) is 36.4 Å². The summed E-state index contributed by atoms with van der Waals surface area (Å²) in [5, 5.41) is 27.6. The van der Waals surface area contributed by atoms with Gasteiger partial charge in [0.1, 0.15) is 0 Å².